The molecule has 1 saturated carbocycles. The van der Waals surface area contributed by atoms with Crippen LogP contribution in [0.4, 0.5) is 0 Å². The van der Waals surface area contributed by atoms with Crippen molar-refractivity contribution in [2.75, 3.05) is 13.2 Å². The molecule has 0 aliphatic heterocycles. The molecular weight excluding hydrogens is 210 g/mol. The summed E-state index contributed by atoms with van der Waals surface area (Å²) in [5, 5.41) is 3.67. The summed E-state index contributed by atoms with van der Waals surface area (Å²) in [5.41, 5.74) is 0. The van der Waals surface area contributed by atoms with Crippen LogP contribution in [-0.4, -0.2) is 19.2 Å². The van der Waals surface area contributed by atoms with Crippen molar-refractivity contribution in [1.82, 2.24) is 5.32 Å². The van der Waals surface area contributed by atoms with Gasteiger partial charge in [-0.15, -0.1) is 0 Å². The zero-order chi connectivity index (χ0) is 12.5. The molecule has 0 aromatic heterocycles. The standard InChI is InChI=1S/C15H29NO/c1-4-17-10-6-9-16-15-8-5-7-14(12-15)11-13(2)3/h4,13-16H,1,5-12H2,2-3H3. The van der Waals surface area contributed by atoms with Crippen LogP contribution >= 0.6 is 0 Å². The molecule has 100 valence electrons. The Hall–Kier alpha value is -0.500. The van der Waals surface area contributed by atoms with E-state index >= 15 is 0 Å². The van der Waals surface area contributed by atoms with Crippen molar-refractivity contribution in [1.29, 1.82) is 0 Å². The van der Waals surface area contributed by atoms with E-state index in [0.717, 1.165) is 37.5 Å². The molecule has 0 aromatic rings. The predicted octanol–water partition coefficient (Wildman–Crippen LogP) is 3.73. The summed E-state index contributed by atoms with van der Waals surface area (Å²) < 4.78 is 5.12. The van der Waals surface area contributed by atoms with Gasteiger partial charge in [0.1, 0.15) is 0 Å². The van der Waals surface area contributed by atoms with E-state index in [1.54, 1.807) is 0 Å². The summed E-state index contributed by atoms with van der Waals surface area (Å²) in [6.07, 6.45) is 9.58. The fourth-order valence-electron chi connectivity index (χ4n) is 2.90. The van der Waals surface area contributed by atoms with Crippen LogP contribution in [0.1, 0.15) is 52.4 Å². The third kappa shape index (κ3) is 6.72. The smallest absolute Gasteiger partial charge is 0.0885 e. The van der Waals surface area contributed by atoms with Crippen LogP contribution in [0, 0.1) is 11.8 Å². The van der Waals surface area contributed by atoms with Gasteiger partial charge in [0.15, 0.2) is 0 Å². The van der Waals surface area contributed by atoms with Crippen molar-refractivity contribution in [3.05, 3.63) is 12.8 Å². The first-order valence-electron chi connectivity index (χ1n) is 7.18. The lowest BCUT2D eigenvalue weighted by Gasteiger charge is -2.30. The maximum Gasteiger partial charge on any atom is 0.0885 e. The van der Waals surface area contributed by atoms with Gasteiger partial charge in [0, 0.05) is 6.04 Å². The lowest BCUT2D eigenvalue weighted by Crippen LogP contribution is -2.35. The molecule has 1 aliphatic carbocycles. The van der Waals surface area contributed by atoms with Crippen molar-refractivity contribution in [2.45, 2.75) is 58.4 Å². The van der Waals surface area contributed by atoms with E-state index < -0.39 is 0 Å². The molecule has 0 radical (unpaired) electrons. The van der Waals surface area contributed by atoms with Gasteiger partial charge in [-0.25, -0.2) is 0 Å². The van der Waals surface area contributed by atoms with Crippen LogP contribution in [0.15, 0.2) is 12.8 Å². The Bertz CT molecular complexity index is 203. The summed E-state index contributed by atoms with van der Waals surface area (Å²) in [6.45, 7) is 10.1. The van der Waals surface area contributed by atoms with E-state index in [-0.39, 0.29) is 0 Å². The normalized spacial score (nSPS) is 24.9. The maximum absolute atomic E-state index is 5.12. The lowest BCUT2D eigenvalue weighted by molar-refractivity contribution is 0.227. The summed E-state index contributed by atoms with van der Waals surface area (Å²) in [4.78, 5) is 0. The van der Waals surface area contributed by atoms with Crippen molar-refractivity contribution in [2.24, 2.45) is 11.8 Å². The minimum Gasteiger partial charge on any atom is -0.502 e. The van der Waals surface area contributed by atoms with Gasteiger partial charge in [-0.1, -0.05) is 33.3 Å². The van der Waals surface area contributed by atoms with Gasteiger partial charge in [0.25, 0.3) is 0 Å². The van der Waals surface area contributed by atoms with Crippen LogP contribution in [0.25, 0.3) is 0 Å². The number of hydrogen-bond acceptors (Lipinski definition) is 2. The van der Waals surface area contributed by atoms with Crippen molar-refractivity contribution >= 4 is 0 Å². The molecule has 0 spiro atoms. The molecule has 1 fully saturated rings. The lowest BCUT2D eigenvalue weighted by atomic mass is 9.81. The molecule has 0 saturated heterocycles. The highest BCUT2D eigenvalue weighted by atomic mass is 16.5. The summed E-state index contributed by atoms with van der Waals surface area (Å²) in [7, 11) is 0. The Morgan fingerprint density at radius 3 is 2.94 bits per heavy atom. The van der Waals surface area contributed by atoms with Gasteiger partial charge >= 0.3 is 0 Å². The Balaban J connectivity index is 2.09. The van der Waals surface area contributed by atoms with E-state index in [4.69, 9.17) is 4.74 Å². The third-order valence-electron chi connectivity index (χ3n) is 3.58. The molecule has 0 amide bonds. The summed E-state index contributed by atoms with van der Waals surface area (Å²) in [5.74, 6) is 1.80. The Kier molecular flexibility index (Phi) is 7.34. The molecule has 1 N–H and O–H groups in total. The first-order valence-corrected chi connectivity index (χ1v) is 7.18. The highest BCUT2D eigenvalue weighted by molar-refractivity contribution is 4.78. The minimum atomic E-state index is 0.747. The number of hydrogen-bond donors (Lipinski definition) is 1. The minimum absolute atomic E-state index is 0.747. The Labute approximate surface area is 107 Å². The molecule has 2 heteroatoms. The largest absolute Gasteiger partial charge is 0.502 e. The monoisotopic (exact) mass is 239 g/mol. The number of ether oxygens (including phenoxy) is 1. The second-order valence-corrected chi connectivity index (χ2v) is 5.70. The van der Waals surface area contributed by atoms with Crippen molar-refractivity contribution < 1.29 is 4.74 Å². The summed E-state index contributed by atoms with van der Waals surface area (Å²) >= 11 is 0. The second-order valence-electron chi connectivity index (χ2n) is 5.70. The molecular formula is C15H29NO. The van der Waals surface area contributed by atoms with E-state index in [9.17, 15) is 0 Å². The van der Waals surface area contributed by atoms with Crippen LogP contribution in [0.5, 0.6) is 0 Å². The Morgan fingerprint density at radius 2 is 2.24 bits per heavy atom. The molecule has 17 heavy (non-hydrogen) atoms. The molecule has 2 nitrogen and oxygen atoms in total. The van der Waals surface area contributed by atoms with Crippen LogP contribution in [-0.2, 0) is 4.74 Å². The number of rotatable bonds is 8. The summed E-state index contributed by atoms with van der Waals surface area (Å²) in [6, 6.07) is 0.747. The van der Waals surface area contributed by atoms with Gasteiger partial charge in [0.2, 0.25) is 0 Å². The maximum atomic E-state index is 5.12. The second kappa shape index (κ2) is 8.57. The Morgan fingerprint density at radius 1 is 1.41 bits per heavy atom. The van der Waals surface area contributed by atoms with Gasteiger partial charge in [-0.05, 0) is 44.1 Å². The fraction of sp³-hybridized carbons (Fsp3) is 0.867. The highest BCUT2D eigenvalue weighted by Gasteiger charge is 2.21. The number of nitrogens with one attached hydrogen (secondary N) is 1. The first kappa shape index (κ1) is 14.6. The third-order valence-corrected chi connectivity index (χ3v) is 3.58. The molecule has 0 aromatic carbocycles. The van der Waals surface area contributed by atoms with E-state index in [1.807, 2.05) is 0 Å². The quantitative estimate of drug-likeness (QED) is 0.515. The first-order chi connectivity index (χ1) is 8.22. The average Bonchev–Trinajstić information content (AvgIpc) is 2.28. The fourth-order valence-corrected chi connectivity index (χ4v) is 2.90. The van der Waals surface area contributed by atoms with Crippen LogP contribution in [0.2, 0.25) is 0 Å². The van der Waals surface area contributed by atoms with Crippen molar-refractivity contribution in [3.63, 3.8) is 0 Å². The average molecular weight is 239 g/mol. The van der Waals surface area contributed by atoms with Crippen molar-refractivity contribution in [3.8, 4) is 0 Å². The zero-order valence-electron chi connectivity index (χ0n) is 11.6. The van der Waals surface area contributed by atoms with E-state index in [1.165, 1.54) is 38.4 Å². The zero-order valence-corrected chi connectivity index (χ0v) is 11.6. The van der Waals surface area contributed by atoms with Gasteiger partial charge in [-0.2, -0.15) is 0 Å². The topological polar surface area (TPSA) is 21.3 Å². The van der Waals surface area contributed by atoms with Gasteiger partial charge < -0.3 is 10.1 Å². The predicted molar refractivity (Wildman–Crippen MR) is 74.0 cm³/mol. The highest BCUT2D eigenvalue weighted by Crippen LogP contribution is 2.29. The van der Waals surface area contributed by atoms with Gasteiger partial charge in [0.05, 0.1) is 12.9 Å². The van der Waals surface area contributed by atoms with Gasteiger partial charge in [-0.3, -0.25) is 0 Å². The van der Waals surface area contributed by atoms with E-state index in [0.29, 0.717) is 0 Å². The molecule has 0 bridgehead atoms. The van der Waals surface area contributed by atoms with E-state index in [2.05, 4.69) is 25.7 Å². The molecule has 1 rings (SSSR count). The molecule has 2 atom stereocenters. The molecule has 0 heterocycles. The SMILES string of the molecule is C=COCCCNC1CCCC(CC(C)C)C1. The van der Waals surface area contributed by atoms with Crippen LogP contribution in [0.3, 0.4) is 0 Å². The van der Waals surface area contributed by atoms with Crippen LogP contribution < -0.4 is 5.32 Å². The molecule has 1 aliphatic rings. The molecule has 2 unspecified atom stereocenters.